The molecule has 4 heteroatoms. The van der Waals surface area contributed by atoms with Crippen molar-refractivity contribution in [2.75, 3.05) is 6.61 Å². The Bertz CT molecular complexity index is 666. The van der Waals surface area contributed by atoms with E-state index in [0.717, 1.165) is 17.6 Å². The molecule has 3 rings (SSSR count). The van der Waals surface area contributed by atoms with Crippen molar-refractivity contribution >= 4 is 11.0 Å². The standard InChI is InChI=1S/C15H17N3O/c1-14(2,3)15(11-19-15)9-6-10-18-13-8-5-4-7-12(13)16-17-18/h4-5,7-8H,10-11H2,1-3H3. The van der Waals surface area contributed by atoms with Gasteiger partial charge in [-0.3, -0.25) is 0 Å². The van der Waals surface area contributed by atoms with Gasteiger partial charge in [-0.1, -0.05) is 50.0 Å². The minimum Gasteiger partial charge on any atom is -0.355 e. The van der Waals surface area contributed by atoms with Crippen LogP contribution in [0.3, 0.4) is 0 Å². The largest absolute Gasteiger partial charge is 0.355 e. The van der Waals surface area contributed by atoms with E-state index in [1.165, 1.54) is 0 Å². The highest BCUT2D eigenvalue weighted by Crippen LogP contribution is 2.43. The van der Waals surface area contributed by atoms with E-state index in [2.05, 4.69) is 42.9 Å². The van der Waals surface area contributed by atoms with E-state index in [0.29, 0.717) is 6.54 Å². The molecule has 2 heterocycles. The molecule has 0 N–H and O–H groups in total. The molecule has 0 spiro atoms. The van der Waals surface area contributed by atoms with Crippen molar-refractivity contribution < 1.29 is 4.74 Å². The highest BCUT2D eigenvalue weighted by Gasteiger charge is 2.53. The lowest BCUT2D eigenvalue weighted by Crippen LogP contribution is -2.28. The first-order chi connectivity index (χ1) is 9.02. The van der Waals surface area contributed by atoms with E-state index in [4.69, 9.17) is 4.74 Å². The van der Waals surface area contributed by atoms with Gasteiger partial charge < -0.3 is 4.74 Å². The predicted molar refractivity (Wildman–Crippen MR) is 73.4 cm³/mol. The van der Waals surface area contributed by atoms with Gasteiger partial charge in [-0.15, -0.1) is 5.10 Å². The Hall–Kier alpha value is -1.86. The van der Waals surface area contributed by atoms with E-state index in [-0.39, 0.29) is 11.0 Å². The van der Waals surface area contributed by atoms with Crippen molar-refractivity contribution in [2.24, 2.45) is 5.41 Å². The molecule has 1 atom stereocenters. The van der Waals surface area contributed by atoms with Crippen molar-refractivity contribution in [3.8, 4) is 11.8 Å². The lowest BCUT2D eigenvalue weighted by Gasteiger charge is -2.22. The number of fused-ring (bicyclic) bond motifs is 1. The second-order valence-electron chi connectivity index (χ2n) is 5.90. The number of aromatic nitrogens is 3. The molecular formula is C15H17N3O. The lowest BCUT2D eigenvalue weighted by atomic mass is 9.81. The van der Waals surface area contributed by atoms with Gasteiger partial charge in [0.05, 0.1) is 12.1 Å². The second kappa shape index (κ2) is 4.07. The Kier molecular flexibility index (Phi) is 2.61. The van der Waals surface area contributed by atoms with Crippen LogP contribution in [0, 0.1) is 17.3 Å². The molecule has 1 unspecified atom stereocenters. The molecule has 0 bridgehead atoms. The van der Waals surface area contributed by atoms with E-state index in [1.54, 1.807) is 0 Å². The summed E-state index contributed by atoms with van der Waals surface area (Å²) in [4.78, 5) is 0. The summed E-state index contributed by atoms with van der Waals surface area (Å²) in [5.41, 5.74) is 1.68. The van der Waals surface area contributed by atoms with Gasteiger partial charge in [-0.2, -0.15) is 0 Å². The Labute approximate surface area is 112 Å². The fourth-order valence-electron chi connectivity index (χ4n) is 2.06. The second-order valence-corrected chi connectivity index (χ2v) is 5.90. The van der Waals surface area contributed by atoms with Crippen molar-refractivity contribution in [2.45, 2.75) is 32.9 Å². The Balaban J connectivity index is 1.81. The van der Waals surface area contributed by atoms with E-state index >= 15 is 0 Å². The predicted octanol–water partition coefficient (Wildman–Crippen LogP) is 2.25. The van der Waals surface area contributed by atoms with Crippen LogP contribution in [-0.2, 0) is 11.3 Å². The van der Waals surface area contributed by atoms with Crippen LogP contribution in [0.2, 0.25) is 0 Å². The Morgan fingerprint density at radius 3 is 2.79 bits per heavy atom. The summed E-state index contributed by atoms with van der Waals surface area (Å²) in [5.74, 6) is 6.43. The summed E-state index contributed by atoms with van der Waals surface area (Å²) in [6.45, 7) is 7.72. The van der Waals surface area contributed by atoms with Crippen LogP contribution >= 0.6 is 0 Å². The Morgan fingerprint density at radius 1 is 1.37 bits per heavy atom. The molecular weight excluding hydrogens is 238 g/mol. The number of benzene rings is 1. The quantitative estimate of drug-likeness (QED) is 0.580. The molecule has 1 aromatic carbocycles. The number of rotatable bonds is 1. The molecule has 1 aliphatic rings. The first-order valence-electron chi connectivity index (χ1n) is 6.44. The zero-order valence-corrected chi connectivity index (χ0v) is 11.5. The monoisotopic (exact) mass is 255 g/mol. The molecule has 2 aromatic rings. The van der Waals surface area contributed by atoms with Crippen LogP contribution < -0.4 is 0 Å². The number of epoxide rings is 1. The van der Waals surface area contributed by atoms with Crippen molar-refractivity contribution in [1.29, 1.82) is 0 Å². The summed E-state index contributed by atoms with van der Waals surface area (Å²) < 4.78 is 7.37. The van der Waals surface area contributed by atoms with Crippen molar-refractivity contribution in [3.05, 3.63) is 24.3 Å². The van der Waals surface area contributed by atoms with Crippen molar-refractivity contribution in [1.82, 2.24) is 15.0 Å². The van der Waals surface area contributed by atoms with Gasteiger partial charge in [-0.05, 0) is 12.1 Å². The maximum absolute atomic E-state index is 5.55. The summed E-state index contributed by atoms with van der Waals surface area (Å²) in [5, 5.41) is 8.23. The van der Waals surface area contributed by atoms with Gasteiger partial charge in [0.2, 0.25) is 0 Å². The molecule has 1 saturated heterocycles. The average Bonchev–Trinajstić information content (AvgIpc) is 3.05. The third-order valence-corrected chi connectivity index (χ3v) is 3.58. The van der Waals surface area contributed by atoms with Gasteiger partial charge in [0.1, 0.15) is 12.1 Å². The van der Waals surface area contributed by atoms with Crippen LogP contribution in [0.1, 0.15) is 20.8 Å². The molecule has 0 amide bonds. The molecule has 98 valence electrons. The average molecular weight is 255 g/mol. The molecule has 0 aliphatic carbocycles. The van der Waals surface area contributed by atoms with E-state index in [1.807, 2.05) is 28.9 Å². The van der Waals surface area contributed by atoms with Crippen molar-refractivity contribution in [3.63, 3.8) is 0 Å². The molecule has 1 aromatic heterocycles. The fraction of sp³-hybridized carbons (Fsp3) is 0.467. The third-order valence-electron chi connectivity index (χ3n) is 3.58. The molecule has 1 fully saturated rings. The van der Waals surface area contributed by atoms with Gasteiger partial charge in [0, 0.05) is 5.41 Å². The van der Waals surface area contributed by atoms with Crippen LogP contribution in [0.15, 0.2) is 24.3 Å². The highest BCUT2D eigenvalue weighted by atomic mass is 16.6. The summed E-state index contributed by atoms with van der Waals surface area (Å²) in [6.07, 6.45) is 0. The van der Waals surface area contributed by atoms with Crippen LogP contribution in [0.5, 0.6) is 0 Å². The summed E-state index contributed by atoms with van der Waals surface area (Å²) in [7, 11) is 0. The molecule has 0 radical (unpaired) electrons. The number of nitrogens with zero attached hydrogens (tertiary/aromatic N) is 3. The number of hydrogen-bond acceptors (Lipinski definition) is 3. The maximum atomic E-state index is 5.55. The van der Waals surface area contributed by atoms with Crippen LogP contribution in [0.4, 0.5) is 0 Å². The normalized spacial score (nSPS) is 22.1. The third kappa shape index (κ3) is 2.11. The number of ether oxygens (including phenoxy) is 1. The highest BCUT2D eigenvalue weighted by molar-refractivity contribution is 5.73. The maximum Gasteiger partial charge on any atom is 0.156 e. The zero-order valence-electron chi connectivity index (χ0n) is 11.5. The van der Waals surface area contributed by atoms with Crippen LogP contribution in [0.25, 0.3) is 11.0 Å². The fourth-order valence-corrected chi connectivity index (χ4v) is 2.06. The number of hydrogen-bond donors (Lipinski definition) is 0. The molecule has 1 aliphatic heterocycles. The van der Waals surface area contributed by atoms with Gasteiger partial charge in [0.25, 0.3) is 0 Å². The first kappa shape index (κ1) is 12.2. The van der Waals surface area contributed by atoms with E-state index < -0.39 is 0 Å². The zero-order chi connectivity index (χ0) is 13.5. The SMILES string of the molecule is CC(C)(C)C1(C#CCn2nnc3ccccc32)CO1. The molecule has 19 heavy (non-hydrogen) atoms. The van der Waals surface area contributed by atoms with Gasteiger partial charge in [-0.25, -0.2) is 4.68 Å². The molecule has 0 saturated carbocycles. The first-order valence-corrected chi connectivity index (χ1v) is 6.44. The van der Waals surface area contributed by atoms with Gasteiger partial charge >= 0.3 is 0 Å². The van der Waals surface area contributed by atoms with E-state index in [9.17, 15) is 0 Å². The minimum absolute atomic E-state index is 0.0461. The lowest BCUT2D eigenvalue weighted by molar-refractivity contribution is 0.209. The van der Waals surface area contributed by atoms with Gasteiger partial charge in [0.15, 0.2) is 5.60 Å². The Morgan fingerprint density at radius 2 is 2.11 bits per heavy atom. The topological polar surface area (TPSA) is 43.2 Å². The number of para-hydroxylation sites is 1. The molecule has 4 nitrogen and oxygen atoms in total. The smallest absolute Gasteiger partial charge is 0.156 e. The summed E-state index contributed by atoms with van der Waals surface area (Å²) >= 11 is 0. The summed E-state index contributed by atoms with van der Waals surface area (Å²) in [6, 6.07) is 7.90. The minimum atomic E-state index is -0.274. The van der Waals surface area contributed by atoms with Crippen LogP contribution in [-0.4, -0.2) is 27.2 Å².